The van der Waals surface area contributed by atoms with Crippen molar-refractivity contribution in [2.24, 2.45) is 5.10 Å². The molecule has 0 radical (unpaired) electrons. The van der Waals surface area contributed by atoms with Crippen molar-refractivity contribution in [2.45, 2.75) is 6.92 Å². The van der Waals surface area contributed by atoms with Crippen molar-refractivity contribution in [1.82, 2.24) is 9.66 Å². The van der Waals surface area contributed by atoms with Gasteiger partial charge in [0, 0.05) is 10.0 Å². The summed E-state index contributed by atoms with van der Waals surface area (Å²) < 4.78 is 30.0. The second kappa shape index (κ2) is 13.4. The first kappa shape index (κ1) is 30.3. The van der Waals surface area contributed by atoms with Gasteiger partial charge in [-0.1, -0.05) is 28.1 Å². The third-order valence-electron chi connectivity index (χ3n) is 6.55. The molecule has 11 heteroatoms. The van der Waals surface area contributed by atoms with Crippen LogP contribution in [-0.2, 0) is 0 Å². The number of benzene rings is 4. The number of carbonyl (C=O) groups is 1. The molecule has 0 bridgehead atoms. The van der Waals surface area contributed by atoms with Crippen LogP contribution in [0.15, 0.2) is 93.2 Å². The van der Waals surface area contributed by atoms with Gasteiger partial charge in [-0.05, 0) is 79.2 Å². The monoisotopic (exact) mass is 657 g/mol. The van der Waals surface area contributed by atoms with E-state index < -0.39 is 5.97 Å². The molecular weight excluding hydrogens is 630 g/mol. The molecule has 44 heavy (non-hydrogen) atoms. The summed E-state index contributed by atoms with van der Waals surface area (Å²) in [6.45, 7) is 2.16. The predicted octanol–water partition coefficient (Wildman–Crippen LogP) is 6.35. The van der Waals surface area contributed by atoms with Crippen molar-refractivity contribution in [3.63, 3.8) is 0 Å². The van der Waals surface area contributed by atoms with E-state index in [4.69, 9.17) is 28.7 Å². The van der Waals surface area contributed by atoms with Crippen LogP contribution in [0, 0.1) is 0 Å². The SMILES string of the molecule is CCOc1cc(C=Nn2c(-c3cc(OC)c(OC)c(OC)c3)nc3ccccc3c2=O)ccc1OC(=O)c1ccc(Br)cc1. The Hall–Kier alpha value is -5.16. The number of fused-ring (bicyclic) bond motifs is 1. The highest BCUT2D eigenvalue weighted by molar-refractivity contribution is 9.10. The first-order chi connectivity index (χ1) is 21.4. The maximum absolute atomic E-state index is 13.7. The number of aromatic nitrogens is 2. The molecule has 224 valence electrons. The minimum atomic E-state index is -0.524. The van der Waals surface area contributed by atoms with Crippen LogP contribution in [0.25, 0.3) is 22.3 Å². The Kier molecular flexibility index (Phi) is 9.25. The third kappa shape index (κ3) is 6.28. The van der Waals surface area contributed by atoms with E-state index in [2.05, 4.69) is 21.0 Å². The molecule has 1 heterocycles. The summed E-state index contributed by atoms with van der Waals surface area (Å²) in [5, 5.41) is 4.93. The van der Waals surface area contributed by atoms with Crippen molar-refractivity contribution in [3.8, 4) is 40.1 Å². The summed E-state index contributed by atoms with van der Waals surface area (Å²) in [6, 6.07) is 22.3. The molecule has 0 amide bonds. The van der Waals surface area contributed by atoms with E-state index in [9.17, 15) is 9.59 Å². The number of hydrogen-bond acceptors (Lipinski definition) is 9. The lowest BCUT2D eigenvalue weighted by Crippen LogP contribution is -2.20. The summed E-state index contributed by atoms with van der Waals surface area (Å²) in [4.78, 5) is 31.2. The quantitative estimate of drug-likeness (QED) is 0.0970. The van der Waals surface area contributed by atoms with Crippen LogP contribution in [0.4, 0.5) is 0 Å². The van der Waals surface area contributed by atoms with Gasteiger partial charge in [0.1, 0.15) is 0 Å². The lowest BCUT2D eigenvalue weighted by molar-refractivity contribution is 0.0728. The van der Waals surface area contributed by atoms with Crippen LogP contribution < -0.4 is 29.2 Å². The number of halogens is 1. The second-order valence-electron chi connectivity index (χ2n) is 9.26. The second-order valence-corrected chi connectivity index (χ2v) is 10.2. The molecule has 1 aromatic heterocycles. The Balaban J connectivity index is 1.57. The van der Waals surface area contributed by atoms with E-state index in [0.29, 0.717) is 57.2 Å². The Morgan fingerprint density at radius 2 is 1.59 bits per heavy atom. The van der Waals surface area contributed by atoms with E-state index in [1.54, 1.807) is 72.8 Å². The van der Waals surface area contributed by atoms with Gasteiger partial charge < -0.3 is 23.7 Å². The molecule has 10 nitrogen and oxygen atoms in total. The molecule has 0 saturated carbocycles. The van der Waals surface area contributed by atoms with Gasteiger partial charge in [0.25, 0.3) is 5.56 Å². The minimum Gasteiger partial charge on any atom is -0.493 e. The summed E-state index contributed by atoms with van der Waals surface area (Å²) in [5.41, 5.74) is 1.63. The molecule has 0 unspecified atom stereocenters. The number of esters is 1. The number of hydrogen-bond donors (Lipinski definition) is 0. The fraction of sp³-hybridized carbons (Fsp3) is 0.152. The number of nitrogens with zero attached hydrogens (tertiary/aromatic N) is 3. The van der Waals surface area contributed by atoms with Crippen LogP contribution >= 0.6 is 15.9 Å². The lowest BCUT2D eigenvalue weighted by atomic mass is 10.1. The molecule has 0 N–H and O–H groups in total. The lowest BCUT2D eigenvalue weighted by Gasteiger charge is -2.15. The van der Waals surface area contributed by atoms with Crippen LogP contribution in [0.1, 0.15) is 22.8 Å². The van der Waals surface area contributed by atoms with Crippen LogP contribution in [-0.4, -0.2) is 49.8 Å². The molecule has 0 aliphatic heterocycles. The van der Waals surface area contributed by atoms with Gasteiger partial charge in [0.15, 0.2) is 28.8 Å². The Morgan fingerprint density at radius 1 is 0.886 bits per heavy atom. The van der Waals surface area contributed by atoms with Crippen molar-refractivity contribution in [1.29, 1.82) is 0 Å². The molecule has 0 saturated heterocycles. The zero-order valence-corrected chi connectivity index (χ0v) is 26.0. The average molecular weight is 659 g/mol. The summed E-state index contributed by atoms with van der Waals surface area (Å²) in [7, 11) is 4.53. The molecule has 0 aliphatic carbocycles. The maximum atomic E-state index is 13.7. The van der Waals surface area contributed by atoms with Gasteiger partial charge in [-0.25, -0.2) is 9.78 Å². The molecule has 5 aromatic rings. The smallest absolute Gasteiger partial charge is 0.343 e. The molecular formula is C33H28BrN3O7. The topological polar surface area (TPSA) is 110 Å². The van der Waals surface area contributed by atoms with Crippen molar-refractivity contribution in [2.75, 3.05) is 27.9 Å². The number of para-hydroxylation sites is 1. The maximum Gasteiger partial charge on any atom is 0.343 e. The highest BCUT2D eigenvalue weighted by Gasteiger charge is 2.19. The van der Waals surface area contributed by atoms with Crippen molar-refractivity contribution >= 4 is 39.0 Å². The van der Waals surface area contributed by atoms with Gasteiger partial charge in [-0.2, -0.15) is 9.78 Å². The van der Waals surface area contributed by atoms with E-state index in [-0.39, 0.29) is 17.1 Å². The minimum absolute atomic E-state index is 0.250. The normalized spacial score (nSPS) is 11.0. The van der Waals surface area contributed by atoms with Gasteiger partial charge in [0.05, 0.1) is 50.6 Å². The first-order valence-electron chi connectivity index (χ1n) is 13.5. The first-order valence-corrected chi connectivity index (χ1v) is 14.3. The fourth-order valence-corrected chi connectivity index (χ4v) is 4.72. The number of carbonyl (C=O) groups excluding carboxylic acids is 1. The highest BCUT2D eigenvalue weighted by atomic mass is 79.9. The molecule has 0 spiro atoms. The summed E-state index contributed by atoms with van der Waals surface area (Å²) in [5.74, 6) is 1.53. The van der Waals surface area contributed by atoms with Gasteiger partial charge in [-0.3, -0.25) is 4.79 Å². The number of methoxy groups -OCH3 is 3. The Bertz CT molecular complexity index is 1900. The van der Waals surface area contributed by atoms with Gasteiger partial charge >= 0.3 is 5.97 Å². The Morgan fingerprint density at radius 3 is 2.25 bits per heavy atom. The number of ether oxygens (including phenoxy) is 5. The average Bonchev–Trinajstić information content (AvgIpc) is 3.04. The van der Waals surface area contributed by atoms with Crippen LogP contribution in [0.2, 0.25) is 0 Å². The van der Waals surface area contributed by atoms with Crippen LogP contribution in [0.3, 0.4) is 0 Å². The van der Waals surface area contributed by atoms with E-state index in [1.807, 2.05) is 13.0 Å². The van der Waals surface area contributed by atoms with Gasteiger partial charge in [0.2, 0.25) is 5.75 Å². The summed E-state index contributed by atoms with van der Waals surface area (Å²) in [6.07, 6.45) is 1.50. The largest absolute Gasteiger partial charge is 0.493 e. The molecule has 4 aromatic carbocycles. The number of rotatable bonds is 10. The fourth-order valence-electron chi connectivity index (χ4n) is 4.45. The van der Waals surface area contributed by atoms with Crippen molar-refractivity contribution < 1.29 is 28.5 Å². The van der Waals surface area contributed by atoms with Crippen molar-refractivity contribution in [3.05, 3.63) is 105 Å². The molecule has 0 atom stereocenters. The molecule has 5 rings (SSSR count). The molecule has 0 fully saturated rings. The standard InChI is InChI=1S/C33H28BrN3O7/c1-5-43-27-16-20(10-15-26(27)44-33(39)21-11-13-23(34)14-12-21)19-35-37-31(36-25-9-7-6-8-24(25)32(37)38)22-17-28(40-2)30(42-4)29(18-22)41-3/h6-19H,5H2,1-4H3. The zero-order chi connectivity index (χ0) is 31.2. The predicted molar refractivity (Wildman–Crippen MR) is 171 cm³/mol. The van der Waals surface area contributed by atoms with Crippen LogP contribution in [0.5, 0.6) is 28.7 Å². The van der Waals surface area contributed by atoms with E-state index in [0.717, 1.165) is 4.47 Å². The molecule has 0 aliphatic rings. The zero-order valence-electron chi connectivity index (χ0n) is 24.4. The third-order valence-corrected chi connectivity index (χ3v) is 7.08. The van der Waals surface area contributed by atoms with Gasteiger partial charge in [-0.15, -0.1) is 0 Å². The van der Waals surface area contributed by atoms with E-state index >= 15 is 0 Å². The Labute approximate surface area is 261 Å². The highest BCUT2D eigenvalue weighted by Crippen LogP contribution is 2.41. The van der Waals surface area contributed by atoms with E-state index in [1.165, 1.54) is 32.2 Å². The summed E-state index contributed by atoms with van der Waals surface area (Å²) >= 11 is 3.36.